The number of rotatable bonds is 8. The first-order valence-corrected chi connectivity index (χ1v) is 11.1. The smallest absolute Gasteiger partial charge is 0.338 e. The number of anilines is 1. The van der Waals surface area contributed by atoms with E-state index in [1.165, 1.54) is 13.2 Å². The van der Waals surface area contributed by atoms with Crippen molar-refractivity contribution in [1.29, 1.82) is 0 Å². The Morgan fingerprint density at radius 1 is 1.06 bits per heavy atom. The number of imide groups is 2. The van der Waals surface area contributed by atoms with Crippen LogP contribution in [0.15, 0.2) is 58.6 Å². The van der Waals surface area contributed by atoms with Gasteiger partial charge in [0.15, 0.2) is 0 Å². The fourth-order valence-electron chi connectivity index (χ4n) is 3.13. The van der Waals surface area contributed by atoms with Crippen LogP contribution in [0.25, 0.3) is 6.08 Å². The van der Waals surface area contributed by atoms with Crippen molar-refractivity contribution in [2.24, 2.45) is 0 Å². The number of benzene rings is 2. The zero-order valence-electron chi connectivity index (χ0n) is 18.2. The Bertz CT molecular complexity index is 1040. The molecule has 0 radical (unpaired) electrons. The highest BCUT2D eigenvalue weighted by atomic mass is 79.9. The zero-order valence-corrected chi connectivity index (χ0v) is 19.8. The van der Waals surface area contributed by atoms with Crippen LogP contribution in [0.4, 0.5) is 10.5 Å². The van der Waals surface area contributed by atoms with E-state index in [1.807, 2.05) is 13.8 Å². The second kappa shape index (κ2) is 10.6. The van der Waals surface area contributed by atoms with Gasteiger partial charge >= 0.3 is 6.03 Å². The van der Waals surface area contributed by atoms with Gasteiger partial charge in [0, 0.05) is 7.11 Å². The average Bonchev–Trinajstić information content (AvgIpc) is 2.79. The predicted molar refractivity (Wildman–Crippen MR) is 125 cm³/mol. The number of ether oxygens (including phenoxy) is 2. The standard InChI is InChI=1S/C24H25BrN2O5/c1-4-16(2)32-21-11-10-17(15-20(21)25)14-19-22(28)26(12-13-31-3)24(30)27(23(19)29)18-8-6-5-7-9-18/h5-11,14-16H,4,12-13H2,1-3H3/b19-14-/t16-/m1/s1. The van der Waals surface area contributed by atoms with E-state index in [0.717, 1.165) is 16.2 Å². The van der Waals surface area contributed by atoms with Gasteiger partial charge in [0.05, 0.1) is 29.4 Å². The summed E-state index contributed by atoms with van der Waals surface area (Å²) in [4.78, 5) is 41.3. The highest BCUT2D eigenvalue weighted by molar-refractivity contribution is 9.10. The Morgan fingerprint density at radius 2 is 1.78 bits per heavy atom. The maximum Gasteiger partial charge on any atom is 0.338 e. The lowest BCUT2D eigenvalue weighted by molar-refractivity contribution is -0.129. The number of carbonyl (C=O) groups excluding carboxylic acids is 3. The predicted octanol–water partition coefficient (Wildman–Crippen LogP) is 4.65. The summed E-state index contributed by atoms with van der Waals surface area (Å²) in [5, 5.41) is 0. The maximum absolute atomic E-state index is 13.2. The van der Waals surface area contributed by atoms with Crippen molar-refractivity contribution in [1.82, 2.24) is 4.90 Å². The lowest BCUT2D eigenvalue weighted by Crippen LogP contribution is -2.57. The van der Waals surface area contributed by atoms with E-state index < -0.39 is 17.8 Å². The van der Waals surface area contributed by atoms with Crippen LogP contribution in [0.3, 0.4) is 0 Å². The third kappa shape index (κ3) is 5.08. The highest BCUT2D eigenvalue weighted by Crippen LogP contribution is 2.30. The lowest BCUT2D eigenvalue weighted by Gasteiger charge is -2.33. The molecule has 2 aromatic rings. The van der Waals surface area contributed by atoms with Crippen LogP contribution in [0.1, 0.15) is 25.8 Å². The molecule has 7 nitrogen and oxygen atoms in total. The number of methoxy groups -OCH3 is 1. The molecule has 1 fully saturated rings. The summed E-state index contributed by atoms with van der Waals surface area (Å²) in [7, 11) is 1.48. The molecule has 1 heterocycles. The van der Waals surface area contributed by atoms with Gasteiger partial charge in [-0.25, -0.2) is 9.69 Å². The van der Waals surface area contributed by atoms with Crippen molar-refractivity contribution >= 4 is 45.5 Å². The monoisotopic (exact) mass is 500 g/mol. The number of hydrogen-bond donors (Lipinski definition) is 0. The topological polar surface area (TPSA) is 76.2 Å². The number of halogens is 1. The highest BCUT2D eigenvalue weighted by Gasteiger charge is 2.42. The molecule has 4 amide bonds. The number of barbiturate groups is 1. The van der Waals surface area contributed by atoms with Gasteiger partial charge in [-0.05, 0) is 65.2 Å². The van der Waals surface area contributed by atoms with Gasteiger partial charge in [0.25, 0.3) is 11.8 Å². The van der Waals surface area contributed by atoms with E-state index in [-0.39, 0.29) is 24.8 Å². The molecular weight excluding hydrogens is 476 g/mol. The van der Waals surface area contributed by atoms with Gasteiger partial charge in [-0.2, -0.15) is 0 Å². The van der Waals surface area contributed by atoms with Crippen LogP contribution in [0, 0.1) is 0 Å². The molecule has 0 aliphatic carbocycles. The van der Waals surface area contributed by atoms with Gasteiger partial charge in [-0.1, -0.05) is 31.2 Å². The number of urea groups is 1. The molecule has 1 aliphatic heterocycles. The fourth-order valence-corrected chi connectivity index (χ4v) is 3.62. The molecule has 2 aromatic carbocycles. The second-order valence-electron chi connectivity index (χ2n) is 7.29. The van der Waals surface area contributed by atoms with Crippen molar-refractivity contribution in [3.8, 4) is 5.75 Å². The fraction of sp³-hybridized carbons (Fsp3) is 0.292. The van der Waals surface area contributed by atoms with Gasteiger partial charge < -0.3 is 9.47 Å². The van der Waals surface area contributed by atoms with Gasteiger partial charge in [-0.3, -0.25) is 14.5 Å². The number of amides is 4. The molecule has 1 saturated heterocycles. The first-order chi connectivity index (χ1) is 15.4. The van der Waals surface area contributed by atoms with E-state index in [9.17, 15) is 14.4 Å². The van der Waals surface area contributed by atoms with Gasteiger partial charge in [0.2, 0.25) is 0 Å². The van der Waals surface area contributed by atoms with Crippen molar-refractivity contribution in [3.63, 3.8) is 0 Å². The Morgan fingerprint density at radius 3 is 2.41 bits per heavy atom. The molecule has 1 atom stereocenters. The van der Waals surface area contributed by atoms with E-state index in [2.05, 4.69) is 15.9 Å². The molecule has 0 saturated carbocycles. The largest absolute Gasteiger partial charge is 0.490 e. The van der Waals surface area contributed by atoms with Crippen LogP contribution in [-0.2, 0) is 14.3 Å². The molecule has 0 spiro atoms. The first kappa shape index (κ1) is 23.7. The van der Waals surface area contributed by atoms with E-state index in [1.54, 1.807) is 48.5 Å². The van der Waals surface area contributed by atoms with E-state index in [0.29, 0.717) is 21.5 Å². The van der Waals surface area contributed by atoms with Gasteiger partial charge in [0.1, 0.15) is 11.3 Å². The Kier molecular flexibility index (Phi) is 7.82. The minimum Gasteiger partial charge on any atom is -0.490 e. The Hall–Kier alpha value is -2.97. The van der Waals surface area contributed by atoms with Crippen LogP contribution >= 0.6 is 15.9 Å². The summed E-state index contributed by atoms with van der Waals surface area (Å²) >= 11 is 3.49. The summed E-state index contributed by atoms with van der Waals surface area (Å²) in [5.74, 6) is -0.651. The molecule has 32 heavy (non-hydrogen) atoms. The SMILES string of the molecule is CC[C@@H](C)Oc1ccc(/C=C2/C(=O)N(CCOC)C(=O)N(c3ccccc3)C2=O)cc1Br. The molecule has 0 unspecified atom stereocenters. The third-order valence-corrected chi connectivity index (χ3v) is 5.65. The molecular formula is C24H25BrN2O5. The molecule has 3 rings (SSSR count). The van der Waals surface area contributed by atoms with Crippen molar-refractivity contribution in [3.05, 3.63) is 64.1 Å². The normalized spacial score (nSPS) is 16.6. The van der Waals surface area contributed by atoms with Crippen molar-refractivity contribution in [2.45, 2.75) is 26.4 Å². The van der Waals surface area contributed by atoms with E-state index >= 15 is 0 Å². The number of nitrogens with zero attached hydrogens (tertiary/aromatic N) is 2. The molecule has 0 aromatic heterocycles. The third-order valence-electron chi connectivity index (χ3n) is 5.03. The van der Waals surface area contributed by atoms with Crippen LogP contribution in [-0.4, -0.2) is 49.1 Å². The maximum atomic E-state index is 13.2. The average molecular weight is 501 g/mol. The summed E-state index contributed by atoms with van der Waals surface area (Å²) < 4.78 is 11.6. The molecule has 168 valence electrons. The van der Waals surface area contributed by atoms with E-state index in [4.69, 9.17) is 9.47 Å². The van der Waals surface area contributed by atoms with Crippen molar-refractivity contribution in [2.75, 3.05) is 25.2 Å². The molecule has 0 bridgehead atoms. The number of para-hydroxylation sites is 1. The van der Waals surface area contributed by atoms with Crippen LogP contribution in [0.2, 0.25) is 0 Å². The summed E-state index contributed by atoms with van der Waals surface area (Å²) in [6, 6.07) is 13.2. The van der Waals surface area contributed by atoms with Crippen LogP contribution in [0.5, 0.6) is 5.75 Å². The Balaban J connectivity index is 2.00. The summed E-state index contributed by atoms with van der Waals surface area (Å²) in [5.41, 5.74) is 0.910. The summed E-state index contributed by atoms with van der Waals surface area (Å²) in [6.07, 6.45) is 2.41. The number of carbonyl (C=O) groups is 3. The molecule has 8 heteroatoms. The van der Waals surface area contributed by atoms with Crippen molar-refractivity contribution < 1.29 is 23.9 Å². The molecule has 0 N–H and O–H groups in total. The first-order valence-electron chi connectivity index (χ1n) is 10.3. The second-order valence-corrected chi connectivity index (χ2v) is 8.15. The quantitative estimate of drug-likeness (QED) is 0.389. The number of hydrogen-bond acceptors (Lipinski definition) is 5. The Labute approximate surface area is 195 Å². The zero-order chi connectivity index (χ0) is 23.3. The minimum atomic E-state index is -0.695. The molecule has 1 aliphatic rings. The van der Waals surface area contributed by atoms with Crippen LogP contribution < -0.4 is 9.64 Å². The minimum absolute atomic E-state index is 0.0352. The summed E-state index contributed by atoms with van der Waals surface area (Å²) in [6.45, 7) is 4.21. The lowest BCUT2D eigenvalue weighted by atomic mass is 10.1. The van der Waals surface area contributed by atoms with Gasteiger partial charge in [-0.15, -0.1) is 0 Å².